The lowest BCUT2D eigenvalue weighted by molar-refractivity contribution is -0.132. The van der Waals surface area contributed by atoms with Gasteiger partial charge in [-0.25, -0.2) is 4.98 Å². The number of nitrogens with zero attached hydrogens (tertiary/aromatic N) is 4. The van der Waals surface area contributed by atoms with E-state index in [-0.39, 0.29) is 19.1 Å². The van der Waals surface area contributed by atoms with Gasteiger partial charge in [0, 0.05) is 24.9 Å². The second kappa shape index (κ2) is 9.83. The molecule has 1 aromatic carbocycles. The Bertz CT molecular complexity index is 919. The number of H-pyrrole nitrogens is 1. The second-order valence-corrected chi connectivity index (χ2v) is 6.63. The number of benzene rings is 1. The molecule has 3 rings (SSSR count). The first-order chi connectivity index (χ1) is 14.1. The molecule has 0 aliphatic rings. The van der Waals surface area contributed by atoms with Gasteiger partial charge in [0.25, 0.3) is 0 Å². The minimum Gasteiger partial charge on any atom is -0.497 e. The minimum atomic E-state index is -0.0895. The van der Waals surface area contributed by atoms with Crippen molar-refractivity contribution in [2.75, 3.05) is 20.3 Å². The van der Waals surface area contributed by atoms with E-state index in [9.17, 15) is 9.90 Å². The molecule has 0 aliphatic carbocycles. The highest BCUT2D eigenvalue weighted by Crippen LogP contribution is 2.20. The average molecular weight is 399 g/mol. The third-order valence-corrected chi connectivity index (χ3v) is 4.44. The molecule has 0 fully saturated rings. The van der Waals surface area contributed by atoms with Crippen LogP contribution in [-0.4, -0.2) is 56.3 Å². The highest BCUT2D eigenvalue weighted by Gasteiger charge is 2.15. The van der Waals surface area contributed by atoms with Crippen LogP contribution in [0.4, 0.5) is 0 Å². The normalized spacial score (nSPS) is 10.9. The lowest BCUT2D eigenvalue weighted by Crippen LogP contribution is -2.33. The molecule has 2 heterocycles. The van der Waals surface area contributed by atoms with Gasteiger partial charge in [0.1, 0.15) is 11.6 Å². The molecule has 29 heavy (non-hydrogen) atoms. The van der Waals surface area contributed by atoms with Crippen LogP contribution in [0.5, 0.6) is 5.75 Å². The van der Waals surface area contributed by atoms with Crippen molar-refractivity contribution in [2.24, 2.45) is 0 Å². The number of methoxy groups -OCH3 is 1. The van der Waals surface area contributed by atoms with Crippen LogP contribution in [0.15, 0.2) is 35.0 Å². The van der Waals surface area contributed by atoms with Crippen molar-refractivity contribution >= 4 is 5.91 Å². The number of hydrogen-bond donors (Lipinski definition) is 2. The lowest BCUT2D eigenvalue weighted by atomic mass is 10.2. The van der Waals surface area contributed by atoms with Gasteiger partial charge in [-0.3, -0.25) is 4.79 Å². The highest BCUT2D eigenvalue weighted by atomic mass is 16.5. The van der Waals surface area contributed by atoms with Gasteiger partial charge in [-0.15, -0.1) is 0 Å². The molecule has 0 saturated carbocycles. The van der Waals surface area contributed by atoms with E-state index >= 15 is 0 Å². The van der Waals surface area contributed by atoms with Gasteiger partial charge in [0.2, 0.25) is 17.6 Å². The summed E-state index contributed by atoms with van der Waals surface area (Å²) in [5.41, 5.74) is 1.67. The number of imidazole rings is 1. The van der Waals surface area contributed by atoms with Crippen LogP contribution < -0.4 is 4.74 Å². The van der Waals surface area contributed by atoms with Crippen LogP contribution in [0.2, 0.25) is 0 Å². The van der Waals surface area contributed by atoms with E-state index in [4.69, 9.17) is 9.26 Å². The minimum absolute atomic E-state index is 0.0406. The summed E-state index contributed by atoms with van der Waals surface area (Å²) in [5.74, 6) is 2.50. The third-order valence-electron chi connectivity index (χ3n) is 4.44. The van der Waals surface area contributed by atoms with Gasteiger partial charge in [-0.1, -0.05) is 5.16 Å². The molecule has 0 atom stereocenters. The van der Waals surface area contributed by atoms with Gasteiger partial charge in [-0.05, 0) is 37.6 Å². The summed E-state index contributed by atoms with van der Waals surface area (Å²) in [6.45, 7) is 2.43. The summed E-state index contributed by atoms with van der Waals surface area (Å²) in [6, 6.07) is 7.39. The maximum atomic E-state index is 12.5. The Morgan fingerprint density at radius 2 is 2.10 bits per heavy atom. The Morgan fingerprint density at radius 3 is 2.76 bits per heavy atom. The molecule has 0 spiro atoms. The van der Waals surface area contributed by atoms with Crippen LogP contribution in [0.25, 0.3) is 11.4 Å². The third kappa shape index (κ3) is 5.64. The fraction of sp³-hybridized carbons (Fsp3) is 0.400. The number of aryl methyl sites for hydroxylation is 2. The average Bonchev–Trinajstić information content (AvgIpc) is 3.36. The summed E-state index contributed by atoms with van der Waals surface area (Å²) in [4.78, 5) is 25.8. The molecule has 3 aromatic rings. The van der Waals surface area contributed by atoms with E-state index in [1.54, 1.807) is 18.2 Å². The van der Waals surface area contributed by atoms with Crippen LogP contribution >= 0.6 is 0 Å². The molecular weight excluding hydrogens is 374 g/mol. The van der Waals surface area contributed by atoms with Crippen molar-refractivity contribution in [3.05, 3.63) is 47.9 Å². The van der Waals surface area contributed by atoms with Crippen molar-refractivity contribution in [1.82, 2.24) is 25.0 Å². The number of nitrogens with one attached hydrogen (secondary N) is 1. The smallest absolute Gasteiger partial charge is 0.226 e. The Morgan fingerprint density at radius 1 is 1.31 bits per heavy atom. The van der Waals surface area contributed by atoms with Gasteiger partial charge < -0.3 is 24.3 Å². The van der Waals surface area contributed by atoms with Gasteiger partial charge >= 0.3 is 0 Å². The van der Waals surface area contributed by atoms with E-state index in [2.05, 4.69) is 20.1 Å². The first kappa shape index (κ1) is 20.5. The molecule has 9 heteroatoms. The Kier molecular flexibility index (Phi) is 6.96. The number of aliphatic hydroxyl groups is 1. The summed E-state index contributed by atoms with van der Waals surface area (Å²) in [6.07, 6.45) is 3.11. The summed E-state index contributed by atoms with van der Waals surface area (Å²) < 4.78 is 10.4. The largest absolute Gasteiger partial charge is 0.497 e. The van der Waals surface area contributed by atoms with Crippen molar-refractivity contribution in [3.63, 3.8) is 0 Å². The number of aromatic nitrogens is 4. The maximum absolute atomic E-state index is 12.5. The molecular formula is C20H25N5O4. The number of amides is 1. The number of carbonyl (C=O) groups excluding carboxylic acids is 1. The number of aliphatic hydroxyl groups excluding tert-OH is 1. The Balaban J connectivity index is 1.51. The predicted molar refractivity (Wildman–Crippen MR) is 105 cm³/mol. The summed E-state index contributed by atoms with van der Waals surface area (Å²) in [7, 11) is 1.61. The van der Waals surface area contributed by atoms with Crippen LogP contribution in [0.3, 0.4) is 0 Å². The van der Waals surface area contributed by atoms with Crippen LogP contribution in [-0.2, 0) is 17.8 Å². The standard InChI is InChI=1S/C20H25N5O4/c1-14-21-12-16(22-14)13-25(10-11-26)19(27)5-3-4-18-23-20(24-29-18)15-6-8-17(28-2)9-7-15/h6-9,12,26H,3-5,10-11,13H2,1-2H3,(H,21,22). The molecule has 1 amide bonds. The molecule has 0 aliphatic heterocycles. The number of rotatable bonds is 10. The zero-order valence-electron chi connectivity index (χ0n) is 16.6. The first-order valence-corrected chi connectivity index (χ1v) is 9.45. The molecule has 2 N–H and O–H groups in total. The number of ether oxygens (including phenoxy) is 1. The topological polar surface area (TPSA) is 117 Å². The van der Waals surface area contributed by atoms with E-state index in [0.29, 0.717) is 37.5 Å². The van der Waals surface area contributed by atoms with Crippen LogP contribution in [0, 0.1) is 6.92 Å². The SMILES string of the molecule is COc1ccc(-c2noc(CCCC(=O)N(CCO)Cc3cnc(C)[nH]3)n2)cc1. The zero-order valence-corrected chi connectivity index (χ0v) is 16.6. The van der Waals surface area contributed by atoms with Gasteiger partial charge in [-0.2, -0.15) is 4.98 Å². The number of aromatic amines is 1. The predicted octanol–water partition coefficient (Wildman–Crippen LogP) is 2.12. The number of hydrogen-bond acceptors (Lipinski definition) is 7. The van der Waals surface area contributed by atoms with E-state index < -0.39 is 0 Å². The van der Waals surface area contributed by atoms with Crippen molar-refractivity contribution < 1.29 is 19.2 Å². The molecule has 154 valence electrons. The summed E-state index contributed by atoms with van der Waals surface area (Å²) in [5, 5.41) is 13.3. The molecule has 2 aromatic heterocycles. The molecule has 0 bridgehead atoms. The Labute approximate surface area is 168 Å². The zero-order chi connectivity index (χ0) is 20.6. The van der Waals surface area contributed by atoms with E-state index in [0.717, 1.165) is 22.8 Å². The van der Waals surface area contributed by atoms with Gasteiger partial charge in [0.05, 0.1) is 32.2 Å². The molecule has 9 nitrogen and oxygen atoms in total. The summed E-state index contributed by atoms with van der Waals surface area (Å²) >= 11 is 0. The lowest BCUT2D eigenvalue weighted by Gasteiger charge is -2.20. The van der Waals surface area contributed by atoms with E-state index in [1.165, 1.54) is 0 Å². The quantitative estimate of drug-likeness (QED) is 0.536. The Hall–Kier alpha value is -3.20. The first-order valence-electron chi connectivity index (χ1n) is 9.45. The molecule has 0 unspecified atom stereocenters. The molecule has 0 saturated heterocycles. The fourth-order valence-electron chi connectivity index (χ4n) is 2.93. The van der Waals surface area contributed by atoms with Crippen molar-refractivity contribution in [2.45, 2.75) is 32.7 Å². The highest BCUT2D eigenvalue weighted by molar-refractivity contribution is 5.76. The maximum Gasteiger partial charge on any atom is 0.226 e. The molecule has 0 radical (unpaired) electrons. The number of carbonyl (C=O) groups is 1. The van der Waals surface area contributed by atoms with Gasteiger partial charge in [0.15, 0.2) is 0 Å². The monoisotopic (exact) mass is 399 g/mol. The van der Waals surface area contributed by atoms with Crippen molar-refractivity contribution in [3.8, 4) is 17.1 Å². The van der Waals surface area contributed by atoms with Crippen molar-refractivity contribution in [1.29, 1.82) is 0 Å². The second-order valence-electron chi connectivity index (χ2n) is 6.63. The van der Waals surface area contributed by atoms with E-state index in [1.807, 2.05) is 31.2 Å². The van der Waals surface area contributed by atoms with Crippen LogP contribution in [0.1, 0.15) is 30.3 Å². The fourth-order valence-corrected chi connectivity index (χ4v) is 2.93.